The summed E-state index contributed by atoms with van der Waals surface area (Å²) in [5.74, 6) is 0.0310. The zero-order chi connectivity index (χ0) is 25.1. The van der Waals surface area contributed by atoms with Crippen LogP contribution < -0.4 is 21.3 Å². The lowest BCUT2D eigenvalue weighted by Crippen LogP contribution is -2.49. The number of rotatable bonds is 6. The number of nitrogens with two attached hydrogens (primary N) is 1. The zero-order valence-electron chi connectivity index (χ0n) is 20.5. The summed E-state index contributed by atoms with van der Waals surface area (Å²) in [6.45, 7) is 2.64. The molecule has 0 atom stereocenters. The smallest absolute Gasteiger partial charge is 0.257 e. The molecule has 190 valence electrons. The first-order valence-electron chi connectivity index (χ1n) is 12.9. The van der Waals surface area contributed by atoms with E-state index in [-0.39, 0.29) is 35.7 Å². The Morgan fingerprint density at radius 2 is 1.64 bits per heavy atom. The van der Waals surface area contributed by atoms with Crippen LogP contribution in [0.4, 0.5) is 11.4 Å². The zero-order valence-corrected chi connectivity index (χ0v) is 20.5. The van der Waals surface area contributed by atoms with E-state index in [1.165, 1.54) is 6.20 Å². The molecule has 3 amide bonds. The third-order valence-corrected chi connectivity index (χ3v) is 7.40. The van der Waals surface area contributed by atoms with E-state index in [1.807, 2.05) is 11.0 Å². The Kier molecular flexibility index (Phi) is 7.18. The van der Waals surface area contributed by atoms with Gasteiger partial charge in [-0.05, 0) is 68.9 Å². The van der Waals surface area contributed by atoms with Gasteiger partial charge in [-0.3, -0.25) is 19.4 Å². The summed E-state index contributed by atoms with van der Waals surface area (Å²) in [6.07, 6.45) is 8.70. The van der Waals surface area contributed by atoms with E-state index < -0.39 is 0 Å². The van der Waals surface area contributed by atoms with Gasteiger partial charge >= 0.3 is 0 Å². The normalized spacial score (nSPS) is 22.1. The molecule has 0 spiro atoms. The molecule has 0 radical (unpaired) electrons. The second-order valence-electron chi connectivity index (χ2n) is 10.1. The van der Waals surface area contributed by atoms with Gasteiger partial charge in [-0.2, -0.15) is 0 Å². The van der Waals surface area contributed by atoms with Gasteiger partial charge in [0.25, 0.3) is 11.8 Å². The minimum atomic E-state index is -0.286. The number of benzene rings is 1. The number of pyridine rings is 1. The molecule has 0 unspecified atom stereocenters. The van der Waals surface area contributed by atoms with Crippen LogP contribution in [0.15, 0.2) is 42.7 Å². The van der Waals surface area contributed by atoms with E-state index in [0.29, 0.717) is 43.0 Å². The summed E-state index contributed by atoms with van der Waals surface area (Å²) < 4.78 is 0. The molecule has 2 saturated carbocycles. The van der Waals surface area contributed by atoms with Crippen LogP contribution in [0.5, 0.6) is 0 Å². The van der Waals surface area contributed by atoms with E-state index in [2.05, 4.69) is 20.5 Å². The average Bonchev–Trinajstić information content (AvgIpc) is 3.76. The van der Waals surface area contributed by atoms with Crippen LogP contribution in [0.1, 0.15) is 59.2 Å². The first-order valence-corrected chi connectivity index (χ1v) is 12.9. The Balaban J connectivity index is 1.33. The largest absolute Gasteiger partial charge is 0.366 e. The second-order valence-corrected chi connectivity index (χ2v) is 10.1. The highest BCUT2D eigenvalue weighted by Gasteiger charge is 2.35. The lowest BCUT2D eigenvalue weighted by atomic mass is 9.91. The molecule has 9 nitrogen and oxygen atoms in total. The maximum absolute atomic E-state index is 13.1. The Morgan fingerprint density at radius 1 is 0.889 bits per heavy atom. The highest BCUT2D eigenvalue weighted by Crippen LogP contribution is 2.33. The minimum Gasteiger partial charge on any atom is -0.366 e. The van der Waals surface area contributed by atoms with Crippen LogP contribution in [-0.4, -0.2) is 65.9 Å². The van der Waals surface area contributed by atoms with Crippen molar-refractivity contribution in [1.82, 2.24) is 15.2 Å². The molecule has 2 aromatic rings. The summed E-state index contributed by atoms with van der Waals surface area (Å²) >= 11 is 0. The van der Waals surface area contributed by atoms with Crippen molar-refractivity contribution in [2.45, 2.75) is 50.6 Å². The number of hydrogen-bond donors (Lipinski definition) is 3. The fourth-order valence-electron chi connectivity index (χ4n) is 5.03. The Labute approximate surface area is 211 Å². The molecule has 2 aliphatic carbocycles. The van der Waals surface area contributed by atoms with Crippen LogP contribution >= 0.6 is 0 Å². The molecule has 4 N–H and O–H groups in total. The highest BCUT2D eigenvalue weighted by molar-refractivity contribution is 6.07. The number of carbonyl (C=O) groups is 3. The number of hydrogen-bond acceptors (Lipinski definition) is 6. The van der Waals surface area contributed by atoms with Crippen molar-refractivity contribution >= 4 is 29.1 Å². The molecule has 0 bridgehead atoms. The number of nitrogens with one attached hydrogen (secondary N) is 2. The first-order chi connectivity index (χ1) is 17.5. The third-order valence-electron chi connectivity index (χ3n) is 7.40. The number of nitrogens with zero attached hydrogens (tertiary/aromatic N) is 3. The SMILES string of the molecule is NC1CCC(NC(=O)c2ccc(N3CCN(C(=O)C4CC4)CC3)c(NC(=O)c3cccnc3)c2)CC1. The maximum atomic E-state index is 13.1. The lowest BCUT2D eigenvalue weighted by molar-refractivity contribution is -0.132. The Bertz CT molecular complexity index is 1100. The van der Waals surface area contributed by atoms with Crippen molar-refractivity contribution < 1.29 is 14.4 Å². The van der Waals surface area contributed by atoms with E-state index in [1.54, 1.807) is 30.5 Å². The lowest BCUT2D eigenvalue weighted by Gasteiger charge is -2.37. The summed E-state index contributed by atoms with van der Waals surface area (Å²) in [5, 5.41) is 6.12. The topological polar surface area (TPSA) is 121 Å². The summed E-state index contributed by atoms with van der Waals surface area (Å²) in [5.41, 5.74) is 8.35. The standard InChI is InChI=1S/C27H34N6O3/c28-21-6-8-22(9-7-21)30-25(34)19-5-10-24(23(16-19)31-26(35)20-2-1-11-29-17-20)32-12-14-33(15-13-32)27(36)18-3-4-18/h1-2,5,10-11,16-18,21-22H,3-4,6-9,12-15,28H2,(H,30,34)(H,31,35). The molecule has 5 rings (SSSR count). The molecule has 1 aliphatic heterocycles. The third kappa shape index (κ3) is 5.67. The summed E-state index contributed by atoms with van der Waals surface area (Å²) in [7, 11) is 0. The molecule has 9 heteroatoms. The van der Waals surface area contributed by atoms with Crippen LogP contribution in [0, 0.1) is 5.92 Å². The molecule has 3 aliphatic rings. The number of amides is 3. The number of aromatic nitrogens is 1. The van der Waals surface area contributed by atoms with E-state index >= 15 is 0 Å². The van der Waals surface area contributed by atoms with Crippen molar-refractivity contribution in [3.8, 4) is 0 Å². The van der Waals surface area contributed by atoms with E-state index in [9.17, 15) is 14.4 Å². The average molecular weight is 491 g/mol. The molecule has 2 heterocycles. The number of piperazine rings is 1. The summed E-state index contributed by atoms with van der Waals surface area (Å²) in [4.78, 5) is 46.6. The van der Waals surface area contributed by atoms with Crippen molar-refractivity contribution in [2.24, 2.45) is 11.7 Å². The Hall–Kier alpha value is -3.46. The number of carbonyl (C=O) groups excluding carboxylic acids is 3. The van der Waals surface area contributed by atoms with Crippen molar-refractivity contribution in [3.05, 3.63) is 53.9 Å². The summed E-state index contributed by atoms with van der Waals surface area (Å²) in [6, 6.07) is 9.19. The van der Waals surface area contributed by atoms with Gasteiger partial charge in [-0.15, -0.1) is 0 Å². The molecule has 1 aromatic heterocycles. The maximum Gasteiger partial charge on any atom is 0.257 e. The van der Waals surface area contributed by atoms with Crippen LogP contribution in [0.3, 0.4) is 0 Å². The molecule has 3 fully saturated rings. The molecular weight excluding hydrogens is 456 g/mol. The van der Waals surface area contributed by atoms with Gasteiger partial charge in [0, 0.05) is 62.1 Å². The van der Waals surface area contributed by atoms with Gasteiger partial charge in [0.15, 0.2) is 0 Å². The van der Waals surface area contributed by atoms with Crippen molar-refractivity contribution in [2.75, 3.05) is 36.4 Å². The van der Waals surface area contributed by atoms with Crippen molar-refractivity contribution in [3.63, 3.8) is 0 Å². The van der Waals surface area contributed by atoms with Crippen molar-refractivity contribution in [1.29, 1.82) is 0 Å². The molecule has 36 heavy (non-hydrogen) atoms. The van der Waals surface area contributed by atoms with Gasteiger partial charge in [0.05, 0.1) is 16.9 Å². The monoisotopic (exact) mass is 490 g/mol. The van der Waals surface area contributed by atoms with Crippen LogP contribution in [-0.2, 0) is 4.79 Å². The Morgan fingerprint density at radius 3 is 2.31 bits per heavy atom. The molecular formula is C27H34N6O3. The predicted molar refractivity (Wildman–Crippen MR) is 138 cm³/mol. The number of anilines is 2. The van der Waals surface area contributed by atoms with E-state index in [4.69, 9.17) is 5.73 Å². The van der Waals surface area contributed by atoms with E-state index in [0.717, 1.165) is 44.2 Å². The van der Waals surface area contributed by atoms with Gasteiger partial charge < -0.3 is 26.2 Å². The molecule has 1 aromatic carbocycles. The van der Waals surface area contributed by atoms with Gasteiger partial charge in [-0.1, -0.05) is 0 Å². The van der Waals surface area contributed by atoms with Gasteiger partial charge in [0.2, 0.25) is 5.91 Å². The van der Waals surface area contributed by atoms with Gasteiger partial charge in [0.1, 0.15) is 0 Å². The quantitative estimate of drug-likeness (QED) is 0.572. The predicted octanol–water partition coefficient (Wildman–Crippen LogP) is 2.39. The highest BCUT2D eigenvalue weighted by atomic mass is 16.2. The fourth-order valence-corrected chi connectivity index (χ4v) is 5.03. The van der Waals surface area contributed by atoms with Crippen LogP contribution in [0.2, 0.25) is 0 Å². The second kappa shape index (κ2) is 10.7. The fraction of sp³-hybridized carbons (Fsp3) is 0.481. The molecule has 1 saturated heterocycles. The van der Waals surface area contributed by atoms with Gasteiger partial charge in [-0.25, -0.2) is 0 Å². The minimum absolute atomic E-state index is 0.113. The first kappa shape index (κ1) is 24.2. The van der Waals surface area contributed by atoms with Crippen LogP contribution in [0.25, 0.3) is 0 Å².